The molecule has 0 saturated carbocycles. The van der Waals surface area contributed by atoms with Crippen LogP contribution in [0.5, 0.6) is 0 Å². The first-order chi connectivity index (χ1) is 10.6. The van der Waals surface area contributed by atoms with Gasteiger partial charge in [0.25, 0.3) is 0 Å². The summed E-state index contributed by atoms with van der Waals surface area (Å²) in [6, 6.07) is 15.6. The van der Waals surface area contributed by atoms with Crippen molar-refractivity contribution < 1.29 is 9.18 Å². The molecule has 2 atom stereocenters. The Labute approximate surface area is 142 Å². The maximum Gasteiger partial charge on any atom is 0.224 e. The van der Waals surface area contributed by atoms with Gasteiger partial charge in [-0.1, -0.05) is 49.4 Å². The lowest BCUT2D eigenvalue weighted by molar-refractivity contribution is -0.124. The van der Waals surface area contributed by atoms with E-state index in [4.69, 9.17) is 0 Å². The standard InChI is InChI=1S/C18H21FN2O.ClH/c1-13(12-20-2)18(22)21-17(14-7-4-3-5-8-14)15-9-6-10-16(19)11-15;/h3-11,13,17,20H,12H2,1-2H3,(H,21,22);1H. The molecule has 124 valence electrons. The maximum absolute atomic E-state index is 13.5. The Morgan fingerprint density at radius 3 is 2.35 bits per heavy atom. The Hall–Kier alpha value is -1.91. The molecule has 0 heterocycles. The number of amides is 1. The quantitative estimate of drug-likeness (QED) is 0.849. The highest BCUT2D eigenvalue weighted by Gasteiger charge is 2.20. The van der Waals surface area contributed by atoms with Crippen LogP contribution in [0.1, 0.15) is 24.1 Å². The molecule has 0 saturated heterocycles. The molecule has 3 nitrogen and oxygen atoms in total. The van der Waals surface area contributed by atoms with Gasteiger partial charge in [-0.3, -0.25) is 4.79 Å². The van der Waals surface area contributed by atoms with E-state index < -0.39 is 0 Å². The zero-order valence-corrected chi connectivity index (χ0v) is 14.1. The fraction of sp³-hybridized carbons (Fsp3) is 0.278. The van der Waals surface area contributed by atoms with Gasteiger partial charge in [0.1, 0.15) is 5.82 Å². The lowest BCUT2D eigenvalue weighted by Crippen LogP contribution is -2.37. The monoisotopic (exact) mass is 336 g/mol. The molecule has 0 radical (unpaired) electrons. The first kappa shape index (κ1) is 19.1. The first-order valence-electron chi connectivity index (χ1n) is 7.37. The summed E-state index contributed by atoms with van der Waals surface area (Å²) < 4.78 is 13.5. The highest BCUT2D eigenvalue weighted by molar-refractivity contribution is 5.85. The number of hydrogen-bond donors (Lipinski definition) is 2. The number of carbonyl (C=O) groups is 1. The molecule has 2 aromatic rings. The van der Waals surface area contributed by atoms with Crippen molar-refractivity contribution in [3.8, 4) is 0 Å². The Balaban J connectivity index is 0.00000264. The van der Waals surface area contributed by atoms with Crippen LogP contribution in [0.3, 0.4) is 0 Å². The van der Waals surface area contributed by atoms with E-state index in [2.05, 4.69) is 10.6 Å². The zero-order valence-electron chi connectivity index (χ0n) is 13.3. The lowest BCUT2D eigenvalue weighted by atomic mass is 9.97. The van der Waals surface area contributed by atoms with Gasteiger partial charge < -0.3 is 10.6 Å². The van der Waals surface area contributed by atoms with Gasteiger partial charge in [0.05, 0.1) is 6.04 Å². The third kappa shape index (κ3) is 5.34. The predicted octanol–water partition coefficient (Wildman–Crippen LogP) is 3.31. The molecule has 2 unspecified atom stereocenters. The van der Waals surface area contributed by atoms with Crippen LogP contribution in [-0.4, -0.2) is 19.5 Å². The summed E-state index contributed by atoms with van der Waals surface area (Å²) in [6.07, 6.45) is 0. The summed E-state index contributed by atoms with van der Waals surface area (Å²) in [5.74, 6) is -0.534. The minimum absolute atomic E-state index is 0. The van der Waals surface area contributed by atoms with Crippen molar-refractivity contribution in [2.45, 2.75) is 13.0 Å². The van der Waals surface area contributed by atoms with Crippen LogP contribution < -0.4 is 10.6 Å². The van der Waals surface area contributed by atoms with Crippen LogP contribution in [0, 0.1) is 11.7 Å². The van der Waals surface area contributed by atoms with Gasteiger partial charge >= 0.3 is 0 Å². The highest BCUT2D eigenvalue weighted by atomic mass is 35.5. The molecule has 0 aliphatic carbocycles. The SMILES string of the molecule is CNCC(C)C(=O)NC(c1ccccc1)c1cccc(F)c1.Cl. The molecule has 5 heteroatoms. The van der Waals surface area contributed by atoms with Gasteiger partial charge in [0.2, 0.25) is 5.91 Å². The second-order valence-corrected chi connectivity index (χ2v) is 5.37. The molecule has 0 fully saturated rings. The third-order valence-electron chi connectivity index (χ3n) is 3.56. The van der Waals surface area contributed by atoms with Crippen molar-refractivity contribution in [1.82, 2.24) is 10.6 Å². The van der Waals surface area contributed by atoms with Crippen LogP contribution in [0.2, 0.25) is 0 Å². The third-order valence-corrected chi connectivity index (χ3v) is 3.56. The van der Waals surface area contributed by atoms with Gasteiger partial charge in [-0.2, -0.15) is 0 Å². The first-order valence-corrected chi connectivity index (χ1v) is 7.37. The summed E-state index contributed by atoms with van der Waals surface area (Å²) in [5, 5.41) is 6.01. The fourth-order valence-corrected chi connectivity index (χ4v) is 2.37. The molecule has 0 spiro atoms. The highest BCUT2D eigenvalue weighted by Crippen LogP contribution is 2.23. The summed E-state index contributed by atoms with van der Waals surface area (Å²) >= 11 is 0. The van der Waals surface area contributed by atoms with Crippen molar-refractivity contribution in [2.75, 3.05) is 13.6 Å². The lowest BCUT2D eigenvalue weighted by Gasteiger charge is -2.22. The minimum Gasteiger partial charge on any atom is -0.345 e. The number of carbonyl (C=O) groups excluding carboxylic acids is 1. The summed E-state index contributed by atoms with van der Waals surface area (Å²) in [5.41, 5.74) is 1.66. The van der Waals surface area contributed by atoms with E-state index in [1.807, 2.05) is 50.4 Å². The van der Waals surface area contributed by atoms with Gasteiger partial charge in [0.15, 0.2) is 0 Å². The topological polar surface area (TPSA) is 41.1 Å². The van der Waals surface area contributed by atoms with Crippen LogP contribution >= 0.6 is 12.4 Å². The van der Waals surface area contributed by atoms with E-state index in [1.165, 1.54) is 12.1 Å². The fourth-order valence-electron chi connectivity index (χ4n) is 2.37. The van der Waals surface area contributed by atoms with Crippen LogP contribution in [0.15, 0.2) is 54.6 Å². The molecule has 0 aliphatic rings. The molecule has 0 aromatic heterocycles. The maximum atomic E-state index is 13.5. The van der Waals surface area contributed by atoms with Crippen LogP contribution in [0.4, 0.5) is 4.39 Å². The zero-order chi connectivity index (χ0) is 15.9. The predicted molar refractivity (Wildman–Crippen MR) is 93.2 cm³/mol. The van der Waals surface area contributed by atoms with Gasteiger partial charge in [-0.05, 0) is 30.3 Å². The van der Waals surface area contributed by atoms with Crippen molar-refractivity contribution in [3.63, 3.8) is 0 Å². The summed E-state index contributed by atoms with van der Waals surface area (Å²) in [4.78, 5) is 12.3. The molecule has 0 aliphatic heterocycles. The summed E-state index contributed by atoms with van der Waals surface area (Å²) in [6.45, 7) is 2.45. The molecular formula is C18H22ClFN2O. The molecule has 0 bridgehead atoms. The minimum atomic E-state index is -0.358. The molecule has 2 N–H and O–H groups in total. The second-order valence-electron chi connectivity index (χ2n) is 5.37. The molecular weight excluding hydrogens is 315 g/mol. The van der Waals surface area contributed by atoms with Gasteiger partial charge in [-0.15, -0.1) is 12.4 Å². The Morgan fingerprint density at radius 1 is 1.09 bits per heavy atom. The van der Waals surface area contributed by atoms with E-state index >= 15 is 0 Å². The number of rotatable bonds is 6. The Bertz CT molecular complexity index is 621. The van der Waals surface area contributed by atoms with Crippen LogP contribution in [0.25, 0.3) is 0 Å². The van der Waals surface area contributed by atoms with E-state index in [1.54, 1.807) is 6.07 Å². The van der Waals surface area contributed by atoms with E-state index in [0.29, 0.717) is 6.54 Å². The normalized spacial score (nSPS) is 12.8. The molecule has 2 rings (SSSR count). The van der Waals surface area contributed by atoms with Crippen molar-refractivity contribution in [1.29, 1.82) is 0 Å². The largest absolute Gasteiger partial charge is 0.345 e. The van der Waals surface area contributed by atoms with Crippen molar-refractivity contribution in [2.24, 2.45) is 5.92 Å². The Morgan fingerprint density at radius 2 is 1.74 bits per heavy atom. The molecule has 23 heavy (non-hydrogen) atoms. The molecule has 2 aromatic carbocycles. The molecule has 1 amide bonds. The van der Waals surface area contributed by atoms with Gasteiger partial charge in [0, 0.05) is 12.5 Å². The number of hydrogen-bond acceptors (Lipinski definition) is 2. The summed E-state index contributed by atoms with van der Waals surface area (Å²) in [7, 11) is 1.81. The smallest absolute Gasteiger partial charge is 0.224 e. The van der Waals surface area contributed by atoms with E-state index in [9.17, 15) is 9.18 Å². The second kappa shape index (κ2) is 9.28. The number of benzene rings is 2. The number of halogens is 2. The van der Waals surface area contributed by atoms with Crippen LogP contribution in [-0.2, 0) is 4.79 Å². The number of nitrogens with one attached hydrogen (secondary N) is 2. The van der Waals surface area contributed by atoms with E-state index in [-0.39, 0.29) is 36.1 Å². The average molecular weight is 337 g/mol. The van der Waals surface area contributed by atoms with Crippen molar-refractivity contribution >= 4 is 18.3 Å². The average Bonchev–Trinajstić information content (AvgIpc) is 2.53. The Kier molecular flexibility index (Phi) is 7.72. The van der Waals surface area contributed by atoms with E-state index in [0.717, 1.165) is 11.1 Å². The van der Waals surface area contributed by atoms with Crippen molar-refractivity contribution in [3.05, 3.63) is 71.5 Å². The van der Waals surface area contributed by atoms with Gasteiger partial charge in [-0.25, -0.2) is 4.39 Å².